The number of hydrogen-bond acceptors (Lipinski definition) is 3. The van der Waals surface area contributed by atoms with Crippen LogP contribution in [-0.4, -0.2) is 36.6 Å². The van der Waals surface area contributed by atoms with Gasteiger partial charge in [-0.1, -0.05) is 18.2 Å². The second-order valence-corrected chi connectivity index (χ2v) is 6.83. The Labute approximate surface area is 137 Å². The molecule has 1 unspecified atom stereocenters. The summed E-state index contributed by atoms with van der Waals surface area (Å²) in [6.45, 7) is 7.75. The van der Waals surface area contributed by atoms with Crippen LogP contribution in [0.2, 0.25) is 0 Å². The maximum Gasteiger partial charge on any atom is 0.325 e. The standard InChI is InChI=1S/C18H24N2O3/c1-12-4-5-15(10-13(12)2)18(3)16(21)20(17(22)19-18)11-14-6-8-23-9-7-14/h4-5,10,14H,6-9,11H2,1-3H3,(H,19,22). The summed E-state index contributed by atoms with van der Waals surface area (Å²) >= 11 is 0. The third-order valence-electron chi connectivity index (χ3n) is 5.14. The zero-order valence-electron chi connectivity index (χ0n) is 14.0. The normalized spacial score (nSPS) is 25.8. The molecular formula is C18H24N2O3. The van der Waals surface area contributed by atoms with Crippen LogP contribution in [0.15, 0.2) is 18.2 Å². The molecule has 5 heteroatoms. The van der Waals surface area contributed by atoms with Crippen LogP contribution < -0.4 is 5.32 Å². The number of imide groups is 1. The first-order valence-electron chi connectivity index (χ1n) is 8.21. The third kappa shape index (κ3) is 2.85. The SMILES string of the molecule is Cc1ccc(C2(C)NC(=O)N(CC3CCOCC3)C2=O)cc1C. The molecule has 0 radical (unpaired) electrons. The van der Waals surface area contributed by atoms with E-state index in [4.69, 9.17) is 4.74 Å². The van der Waals surface area contributed by atoms with Gasteiger partial charge in [0.1, 0.15) is 5.54 Å². The monoisotopic (exact) mass is 316 g/mol. The number of benzene rings is 1. The summed E-state index contributed by atoms with van der Waals surface area (Å²) in [4.78, 5) is 26.7. The van der Waals surface area contributed by atoms with Crippen LogP contribution in [0.4, 0.5) is 4.79 Å². The number of aryl methyl sites for hydroxylation is 2. The lowest BCUT2D eigenvalue weighted by molar-refractivity contribution is -0.131. The van der Waals surface area contributed by atoms with Crippen LogP contribution in [0.3, 0.4) is 0 Å². The molecule has 23 heavy (non-hydrogen) atoms. The van der Waals surface area contributed by atoms with Crippen LogP contribution in [-0.2, 0) is 15.1 Å². The molecule has 124 valence electrons. The van der Waals surface area contributed by atoms with E-state index < -0.39 is 5.54 Å². The molecule has 1 atom stereocenters. The fourth-order valence-corrected chi connectivity index (χ4v) is 3.30. The number of nitrogens with zero attached hydrogens (tertiary/aromatic N) is 1. The number of urea groups is 1. The zero-order chi connectivity index (χ0) is 16.6. The van der Waals surface area contributed by atoms with Gasteiger partial charge >= 0.3 is 6.03 Å². The van der Waals surface area contributed by atoms with Gasteiger partial charge in [-0.05, 0) is 56.2 Å². The highest BCUT2D eigenvalue weighted by Crippen LogP contribution is 2.31. The minimum absolute atomic E-state index is 0.155. The van der Waals surface area contributed by atoms with E-state index in [1.807, 2.05) is 32.0 Å². The van der Waals surface area contributed by atoms with E-state index in [0.29, 0.717) is 25.7 Å². The van der Waals surface area contributed by atoms with Crippen molar-refractivity contribution in [3.05, 3.63) is 34.9 Å². The number of amides is 3. The lowest BCUT2D eigenvalue weighted by Crippen LogP contribution is -2.41. The maximum absolute atomic E-state index is 12.9. The van der Waals surface area contributed by atoms with Gasteiger partial charge < -0.3 is 10.1 Å². The van der Waals surface area contributed by atoms with Crippen molar-refractivity contribution in [2.75, 3.05) is 19.8 Å². The van der Waals surface area contributed by atoms with E-state index in [9.17, 15) is 9.59 Å². The molecule has 0 aliphatic carbocycles. The van der Waals surface area contributed by atoms with Crippen molar-refractivity contribution in [3.63, 3.8) is 0 Å². The first-order valence-corrected chi connectivity index (χ1v) is 8.21. The van der Waals surface area contributed by atoms with E-state index in [1.165, 1.54) is 10.5 Å². The van der Waals surface area contributed by atoms with Gasteiger partial charge in [0.25, 0.3) is 5.91 Å². The largest absolute Gasteiger partial charge is 0.381 e. The van der Waals surface area contributed by atoms with Crippen LogP contribution >= 0.6 is 0 Å². The zero-order valence-corrected chi connectivity index (χ0v) is 14.0. The number of hydrogen-bond donors (Lipinski definition) is 1. The molecule has 2 heterocycles. The molecule has 0 bridgehead atoms. The van der Waals surface area contributed by atoms with Gasteiger partial charge in [0.05, 0.1) is 0 Å². The molecule has 0 spiro atoms. The number of ether oxygens (including phenoxy) is 1. The lowest BCUT2D eigenvalue weighted by Gasteiger charge is -2.27. The number of carbonyl (C=O) groups excluding carboxylic acids is 2. The molecule has 1 N–H and O–H groups in total. The summed E-state index contributed by atoms with van der Waals surface area (Å²) in [5.41, 5.74) is 2.16. The molecule has 2 aliphatic heterocycles. The topological polar surface area (TPSA) is 58.6 Å². The molecular weight excluding hydrogens is 292 g/mol. The lowest BCUT2D eigenvalue weighted by atomic mass is 9.89. The number of rotatable bonds is 3. The third-order valence-corrected chi connectivity index (χ3v) is 5.14. The van der Waals surface area contributed by atoms with Gasteiger partial charge in [0, 0.05) is 19.8 Å². The summed E-state index contributed by atoms with van der Waals surface area (Å²) in [5.74, 6) is 0.179. The minimum atomic E-state index is -0.972. The summed E-state index contributed by atoms with van der Waals surface area (Å²) in [7, 11) is 0. The average Bonchev–Trinajstić information content (AvgIpc) is 2.75. The molecule has 3 amide bonds. The van der Waals surface area contributed by atoms with Gasteiger partial charge in [-0.2, -0.15) is 0 Å². The summed E-state index contributed by atoms with van der Waals surface area (Å²) in [6, 6.07) is 5.63. The van der Waals surface area contributed by atoms with E-state index >= 15 is 0 Å². The Morgan fingerprint density at radius 3 is 2.57 bits per heavy atom. The Bertz CT molecular complexity index is 637. The van der Waals surface area contributed by atoms with E-state index in [0.717, 1.165) is 24.0 Å². The summed E-state index contributed by atoms with van der Waals surface area (Å²) in [5, 5.41) is 2.89. The Balaban J connectivity index is 1.82. The van der Waals surface area contributed by atoms with E-state index in [-0.39, 0.29) is 11.9 Å². The van der Waals surface area contributed by atoms with Gasteiger partial charge in [-0.3, -0.25) is 9.69 Å². The van der Waals surface area contributed by atoms with Gasteiger partial charge in [-0.25, -0.2) is 4.79 Å². The first-order chi connectivity index (χ1) is 10.9. The van der Waals surface area contributed by atoms with Crippen molar-refractivity contribution in [2.45, 2.75) is 39.2 Å². The highest BCUT2D eigenvalue weighted by Gasteiger charge is 2.49. The first kappa shape index (κ1) is 16.0. The number of carbonyl (C=O) groups is 2. The Hall–Kier alpha value is -1.88. The van der Waals surface area contributed by atoms with Crippen LogP contribution in [0.1, 0.15) is 36.5 Å². The van der Waals surface area contributed by atoms with Crippen LogP contribution in [0.25, 0.3) is 0 Å². The molecule has 2 saturated heterocycles. The predicted octanol–water partition coefficient (Wildman–Crippen LogP) is 2.50. The summed E-state index contributed by atoms with van der Waals surface area (Å²) in [6.07, 6.45) is 1.80. The predicted molar refractivity (Wildman–Crippen MR) is 87.1 cm³/mol. The second-order valence-electron chi connectivity index (χ2n) is 6.83. The fourth-order valence-electron chi connectivity index (χ4n) is 3.30. The molecule has 5 nitrogen and oxygen atoms in total. The van der Waals surface area contributed by atoms with Crippen molar-refractivity contribution in [1.29, 1.82) is 0 Å². The highest BCUT2D eigenvalue weighted by atomic mass is 16.5. The maximum atomic E-state index is 12.9. The van der Waals surface area contributed by atoms with Crippen molar-refractivity contribution in [1.82, 2.24) is 10.2 Å². The van der Waals surface area contributed by atoms with Crippen molar-refractivity contribution in [2.24, 2.45) is 5.92 Å². The Morgan fingerprint density at radius 1 is 1.22 bits per heavy atom. The van der Waals surface area contributed by atoms with E-state index in [1.54, 1.807) is 6.92 Å². The molecule has 3 rings (SSSR count). The quantitative estimate of drug-likeness (QED) is 0.872. The highest BCUT2D eigenvalue weighted by molar-refractivity contribution is 6.07. The van der Waals surface area contributed by atoms with Gasteiger partial charge in [-0.15, -0.1) is 0 Å². The smallest absolute Gasteiger partial charge is 0.325 e. The van der Waals surface area contributed by atoms with Crippen LogP contribution in [0.5, 0.6) is 0 Å². The van der Waals surface area contributed by atoms with Gasteiger partial charge in [0.2, 0.25) is 0 Å². The van der Waals surface area contributed by atoms with E-state index in [2.05, 4.69) is 5.32 Å². The fraction of sp³-hybridized carbons (Fsp3) is 0.556. The van der Waals surface area contributed by atoms with Crippen LogP contribution in [0, 0.1) is 19.8 Å². The molecule has 1 aromatic carbocycles. The minimum Gasteiger partial charge on any atom is -0.381 e. The molecule has 2 aliphatic rings. The second kappa shape index (κ2) is 5.96. The average molecular weight is 316 g/mol. The summed E-state index contributed by atoms with van der Waals surface area (Å²) < 4.78 is 5.35. The Morgan fingerprint density at radius 2 is 1.91 bits per heavy atom. The molecule has 2 fully saturated rings. The molecule has 1 aromatic rings. The Kier molecular flexibility index (Phi) is 4.15. The van der Waals surface area contributed by atoms with Crippen molar-refractivity contribution in [3.8, 4) is 0 Å². The molecule has 0 aromatic heterocycles. The number of nitrogens with one attached hydrogen (secondary N) is 1. The van der Waals surface area contributed by atoms with Gasteiger partial charge in [0.15, 0.2) is 0 Å². The van der Waals surface area contributed by atoms with Crippen molar-refractivity contribution >= 4 is 11.9 Å². The van der Waals surface area contributed by atoms with Crippen molar-refractivity contribution < 1.29 is 14.3 Å². The molecule has 0 saturated carbocycles.